The van der Waals surface area contributed by atoms with E-state index in [1.807, 2.05) is 30.3 Å². The number of alkyl carbamates (subject to hydrolysis) is 1. The average Bonchev–Trinajstić information content (AvgIpc) is 3.34. The molecule has 3 atom stereocenters. The summed E-state index contributed by atoms with van der Waals surface area (Å²) in [4.78, 5) is 57.1. The van der Waals surface area contributed by atoms with Gasteiger partial charge in [0, 0.05) is 19.5 Å². The molecule has 1 aliphatic rings. The second kappa shape index (κ2) is 14.2. The minimum Gasteiger partial charge on any atom is -0.467 e. The Morgan fingerprint density at radius 2 is 1.79 bits per heavy atom. The van der Waals surface area contributed by atoms with Crippen LogP contribution in [0.5, 0.6) is 0 Å². The largest absolute Gasteiger partial charge is 0.467 e. The number of nitrogens with one attached hydrogen (secondary N) is 2. The molecule has 1 fully saturated rings. The Morgan fingerprint density at radius 1 is 1.11 bits per heavy atom. The van der Waals surface area contributed by atoms with Crippen molar-refractivity contribution in [2.24, 2.45) is 16.5 Å². The Bertz CT molecular complexity index is 990. The van der Waals surface area contributed by atoms with E-state index in [0.29, 0.717) is 25.8 Å². The number of benzene rings is 1. The van der Waals surface area contributed by atoms with Gasteiger partial charge in [0.25, 0.3) is 0 Å². The van der Waals surface area contributed by atoms with Gasteiger partial charge in [-0.25, -0.2) is 9.59 Å². The Morgan fingerprint density at radius 3 is 2.39 bits per heavy atom. The summed E-state index contributed by atoms with van der Waals surface area (Å²) in [5, 5.41) is 5.39. The number of methoxy groups -OCH3 is 1. The van der Waals surface area contributed by atoms with Crippen LogP contribution in [0, 0.1) is 0 Å². The van der Waals surface area contributed by atoms with Gasteiger partial charge in [0.05, 0.1) is 7.11 Å². The van der Waals surface area contributed by atoms with Gasteiger partial charge in [0.15, 0.2) is 5.96 Å². The molecule has 210 valence electrons. The van der Waals surface area contributed by atoms with E-state index in [2.05, 4.69) is 15.6 Å². The first-order valence-corrected chi connectivity index (χ1v) is 12.7. The van der Waals surface area contributed by atoms with Crippen molar-refractivity contribution >= 4 is 29.8 Å². The molecule has 1 aromatic rings. The zero-order chi connectivity index (χ0) is 28.3. The molecule has 0 saturated carbocycles. The maximum atomic E-state index is 13.7. The van der Waals surface area contributed by atoms with Gasteiger partial charge in [-0.3, -0.25) is 14.6 Å². The van der Waals surface area contributed by atoms with Crippen molar-refractivity contribution in [1.82, 2.24) is 15.5 Å². The third kappa shape index (κ3) is 9.91. The summed E-state index contributed by atoms with van der Waals surface area (Å²) in [5.74, 6) is -1.54. The lowest BCUT2D eigenvalue weighted by atomic mass is 10.0. The standard InChI is InChI=1S/C26H40N6O6/c1-26(2,3)38-25(36)31-19(16-17-10-6-5-7-11-17)22(34)32-15-9-13-20(32)21(33)30-18(23(35)37-4)12-8-14-29-24(27)28/h5-7,10-11,18-20H,8-9,12-16H2,1-4H3,(H,30,33)(H,31,36)(H4,27,28,29)/t18-,19+,20-/m0/s1. The van der Waals surface area contributed by atoms with Crippen LogP contribution in [0.4, 0.5) is 4.79 Å². The van der Waals surface area contributed by atoms with E-state index < -0.39 is 47.6 Å². The van der Waals surface area contributed by atoms with Gasteiger partial charge in [-0.1, -0.05) is 30.3 Å². The quantitative estimate of drug-likeness (QED) is 0.140. The molecule has 1 aliphatic heterocycles. The first-order valence-electron chi connectivity index (χ1n) is 12.7. The maximum absolute atomic E-state index is 13.7. The minimum absolute atomic E-state index is 0.0613. The van der Waals surface area contributed by atoms with Gasteiger partial charge in [0.2, 0.25) is 11.8 Å². The van der Waals surface area contributed by atoms with Crippen LogP contribution in [0.1, 0.15) is 52.0 Å². The molecule has 1 heterocycles. The van der Waals surface area contributed by atoms with Crippen molar-refractivity contribution in [3.63, 3.8) is 0 Å². The van der Waals surface area contributed by atoms with Crippen LogP contribution >= 0.6 is 0 Å². The Labute approximate surface area is 223 Å². The summed E-state index contributed by atoms with van der Waals surface area (Å²) in [6.45, 7) is 5.83. The zero-order valence-electron chi connectivity index (χ0n) is 22.6. The first kappa shape index (κ1) is 30.4. The highest BCUT2D eigenvalue weighted by atomic mass is 16.6. The number of rotatable bonds is 11. The molecule has 2 rings (SSSR count). The molecular formula is C26H40N6O6. The third-order valence-corrected chi connectivity index (χ3v) is 5.86. The molecule has 12 heteroatoms. The molecule has 1 saturated heterocycles. The number of carbonyl (C=O) groups excluding carboxylic acids is 4. The van der Waals surface area contributed by atoms with Crippen molar-refractivity contribution in [3.05, 3.63) is 35.9 Å². The number of nitrogens with two attached hydrogens (primary N) is 2. The van der Waals surface area contributed by atoms with E-state index in [1.54, 1.807) is 20.8 Å². The van der Waals surface area contributed by atoms with Crippen LogP contribution in [0.3, 0.4) is 0 Å². The summed E-state index contributed by atoms with van der Waals surface area (Å²) in [6, 6.07) is 6.59. The third-order valence-electron chi connectivity index (χ3n) is 5.86. The summed E-state index contributed by atoms with van der Waals surface area (Å²) < 4.78 is 10.2. The molecule has 0 spiro atoms. The predicted molar refractivity (Wildman–Crippen MR) is 142 cm³/mol. The van der Waals surface area contributed by atoms with Gasteiger partial charge in [-0.05, 0) is 52.0 Å². The normalized spacial score (nSPS) is 16.6. The zero-order valence-corrected chi connectivity index (χ0v) is 22.6. The van der Waals surface area contributed by atoms with Crippen LogP contribution in [0.2, 0.25) is 0 Å². The van der Waals surface area contributed by atoms with Gasteiger partial charge >= 0.3 is 12.1 Å². The van der Waals surface area contributed by atoms with Crippen molar-refractivity contribution < 1.29 is 28.7 Å². The second-order valence-corrected chi connectivity index (χ2v) is 10.1. The van der Waals surface area contributed by atoms with Gasteiger partial charge in [-0.15, -0.1) is 0 Å². The fourth-order valence-electron chi connectivity index (χ4n) is 4.17. The smallest absolute Gasteiger partial charge is 0.408 e. The van der Waals surface area contributed by atoms with E-state index in [9.17, 15) is 19.2 Å². The summed E-state index contributed by atoms with van der Waals surface area (Å²) in [5.41, 5.74) is 10.8. The predicted octanol–water partition coefficient (Wildman–Crippen LogP) is 0.825. The van der Waals surface area contributed by atoms with E-state index in [-0.39, 0.29) is 25.3 Å². The van der Waals surface area contributed by atoms with E-state index in [1.165, 1.54) is 12.0 Å². The van der Waals surface area contributed by atoms with Crippen LogP contribution in [-0.2, 0) is 30.3 Å². The molecular weight excluding hydrogens is 492 g/mol. The van der Waals surface area contributed by atoms with Crippen molar-refractivity contribution in [1.29, 1.82) is 0 Å². The number of carbonyl (C=O) groups is 4. The number of likely N-dealkylation sites (tertiary alicyclic amines) is 1. The van der Waals surface area contributed by atoms with Crippen LogP contribution in [0.15, 0.2) is 35.3 Å². The lowest BCUT2D eigenvalue weighted by molar-refractivity contribution is -0.146. The van der Waals surface area contributed by atoms with Gasteiger partial charge in [-0.2, -0.15) is 0 Å². The second-order valence-electron chi connectivity index (χ2n) is 10.1. The fourth-order valence-corrected chi connectivity index (χ4v) is 4.17. The van der Waals surface area contributed by atoms with Crippen molar-refractivity contribution in [3.8, 4) is 0 Å². The highest BCUT2D eigenvalue weighted by Gasteiger charge is 2.39. The fraction of sp³-hybridized carbons (Fsp3) is 0.577. The van der Waals surface area contributed by atoms with Crippen LogP contribution in [0.25, 0.3) is 0 Å². The first-order chi connectivity index (χ1) is 17.9. The summed E-state index contributed by atoms with van der Waals surface area (Å²) >= 11 is 0. The number of ether oxygens (including phenoxy) is 2. The molecule has 1 aromatic carbocycles. The van der Waals surface area contributed by atoms with Crippen molar-refractivity contribution in [2.75, 3.05) is 20.2 Å². The maximum Gasteiger partial charge on any atom is 0.408 e. The van der Waals surface area contributed by atoms with E-state index in [0.717, 1.165) is 5.56 Å². The molecule has 38 heavy (non-hydrogen) atoms. The molecule has 0 aliphatic carbocycles. The molecule has 6 N–H and O–H groups in total. The van der Waals surface area contributed by atoms with Crippen molar-refractivity contribution in [2.45, 2.75) is 76.6 Å². The minimum atomic E-state index is -0.948. The van der Waals surface area contributed by atoms with Crippen LogP contribution < -0.4 is 22.1 Å². The Kier molecular flexibility index (Phi) is 11.4. The highest BCUT2D eigenvalue weighted by molar-refractivity contribution is 5.93. The summed E-state index contributed by atoms with van der Waals surface area (Å²) in [7, 11) is 1.24. The average molecular weight is 533 g/mol. The number of amides is 3. The van der Waals surface area contributed by atoms with Gasteiger partial charge in [0.1, 0.15) is 23.7 Å². The molecule has 0 unspecified atom stereocenters. The van der Waals surface area contributed by atoms with Gasteiger partial charge < -0.3 is 36.5 Å². The Hall–Kier alpha value is -3.83. The molecule has 3 amide bonds. The van der Waals surface area contributed by atoms with Crippen LogP contribution in [-0.4, -0.2) is 78.7 Å². The monoisotopic (exact) mass is 532 g/mol. The Balaban J connectivity index is 2.16. The lowest BCUT2D eigenvalue weighted by Gasteiger charge is -2.30. The number of nitrogens with zero attached hydrogens (tertiary/aromatic N) is 2. The highest BCUT2D eigenvalue weighted by Crippen LogP contribution is 2.21. The van der Waals surface area contributed by atoms with E-state index in [4.69, 9.17) is 20.9 Å². The van der Waals surface area contributed by atoms with E-state index >= 15 is 0 Å². The number of hydrogen-bond acceptors (Lipinski definition) is 7. The molecule has 0 bridgehead atoms. The molecule has 0 radical (unpaired) electrons. The SMILES string of the molecule is COC(=O)[C@H](CCCN=C(N)N)NC(=O)[C@@H]1CCCN1C(=O)[C@@H](Cc1ccccc1)NC(=O)OC(C)(C)C. The topological polar surface area (TPSA) is 178 Å². The number of guanidine groups is 1. The molecule has 12 nitrogen and oxygen atoms in total. The summed E-state index contributed by atoms with van der Waals surface area (Å²) in [6.07, 6.45) is 1.21. The lowest BCUT2D eigenvalue weighted by Crippen LogP contribution is -2.56. The number of aliphatic imine (C=N–C) groups is 1. The number of esters is 1. The molecule has 0 aromatic heterocycles. The number of hydrogen-bond donors (Lipinski definition) is 4.